The lowest BCUT2D eigenvalue weighted by Crippen LogP contribution is -2.01. The average Bonchev–Trinajstić information content (AvgIpc) is 3.12. The molecule has 0 aliphatic carbocycles. The number of benzene rings is 4. The van der Waals surface area contributed by atoms with Crippen molar-refractivity contribution in [2.45, 2.75) is 9.79 Å². The first kappa shape index (κ1) is 16.3. The molecule has 4 heteroatoms. The minimum absolute atomic E-state index is 1.11. The molecule has 4 aromatic carbocycles. The van der Waals surface area contributed by atoms with Crippen molar-refractivity contribution in [3.8, 4) is 11.1 Å². The van der Waals surface area contributed by atoms with Crippen LogP contribution in [0.3, 0.4) is 0 Å². The summed E-state index contributed by atoms with van der Waals surface area (Å²) in [5.74, 6) is 0. The maximum absolute atomic E-state index is 3.76. The van der Waals surface area contributed by atoms with E-state index in [-0.39, 0.29) is 0 Å². The topological polar surface area (TPSA) is 27.8 Å². The predicted octanol–water partition coefficient (Wildman–Crippen LogP) is 7.96. The van der Waals surface area contributed by atoms with Crippen molar-refractivity contribution < 1.29 is 0 Å². The summed E-state index contributed by atoms with van der Waals surface area (Å²) in [5.41, 5.74) is 7.11. The first-order valence-corrected chi connectivity index (χ1v) is 10.8. The maximum Gasteiger partial charge on any atom is 0.0606 e. The van der Waals surface area contributed by atoms with Gasteiger partial charge in [-0.25, -0.2) is 0 Å². The Labute approximate surface area is 175 Å². The van der Waals surface area contributed by atoms with Gasteiger partial charge in [-0.05, 0) is 42.0 Å². The van der Waals surface area contributed by atoms with Crippen molar-refractivity contribution >= 4 is 60.9 Å². The van der Waals surface area contributed by atoms with Crippen LogP contribution in [0, 0.1) is 0 Å². The lowest BCUT2D eigenvalue weighted by atomic mass is 9.97. The molecule has 28 heavy (non-hydrogen) atoms. The van der Waals surface area contributed by atoms with E-state index in [2.05, 4.69) is 105 Å². The molecular weight excluding hydrogens is 428 g/mol. The molecule has 0 bridgehead atoms. The highest BCUT2D eigenvalue weighted by Crippen LogP contribution is 2.49. The molecule has 0 amide bonds. The summed E-state index contributed by atoms with van der Waals surface area (Å²) in [6, 6.07) is 27.9. The van der Waals surface area contributed by atoms with E-state index in [0.29, 0.717) is 0 Å². The highest BCUT2D eigenvalue weighted by Gasteiger charge is 2.21. The van der Waals surface area contributed by atoms with Gasteiger partial charge in [-0.1, -0.05) is 70.2 Å². The lowest BCUT2D eigenvalue weighted by Gasteiger charge is -2.23. The standard InChI is InChI=1S/C24H15BrN2S/c25-16-8-5-11-19-23(16)22-14(6-3-10-18(22)26-19)15-7-4-13-21-24(15)27-17-9-1-2-12-20(17)28-21/h1-13,26-27H. The summed E-state index contributed by atoms with van der Waals surface area (Å²) in [6.45, 7) is 0. The third kappa shape index (κ3) is 2.35. The highest BCUT2D eigenvalue weighted by atomic mass is 79.9. The molecule has 0 saturated carbocycles. The number of halogens is 1. The number of nitrogens with one attached hydrogen (secondary N) is 2. The number of anilines is 2. The largest absolute Gasteiger partial charge is 0.354 e. The molecule has 5 aromatic rings. The summed E-state index contributed by atoms with van der Waals surface area (Å²) >= 11 is 5.59. The van der Waals surface area contributed by atoms with Gasteiger partial charge in [-0.2, -0.15) is 0 Å². The van der Waals surface area contributed by atoms with Gasteiger partial charge in [0.05, 0.1) is 11.4 Å². The Hall–Kier alpha value is -2.69. The number of aromatic amines is 1. The Morgan fingerprint density at radius 1 is 0.643 bits per heavy atom. The Balaban J connectivity index is 1.65. The average molecular weight is 443 g/mol. The van der Waals surface area contributed by atoms with Crippen LogP contribution in [0.5, 0.6) is 0 Å². The van der Waals surface area contributed by atoms with Crippen LogP contribution in [-0.2, 0) is 0 Å². The zero-order valence-electron chi connectivity index (χ0n) is 14.8. The van der Waals surface area contributed by atoms with Gasteiger partial charge in [-0.15, -0.1) is 0 Å². The zero-order valence-corrected chi connectivity index (χ0v) is 17.2. The minimum atomic E-state index is 1.11. The normalized spacial score (nSPS) is 12.6. The third-order valence-electron chi connectivity index (χ3n) is 5.28. The van der Waals surface area contributed by atoms with Crippen molar-refractivity contribution in [3.05, 3.63) is 83.3 Å². The van der Waals surface area contributed by atoms with Crippen molar-refractivity contribution in [1.82, 2.24) is 4.98 Å². The minimum Gasteiger partial charge on any atom is -0.354 e. The van der Waals surface area contributed by atoms with E-state index < -0.39 is 0 Å². The molecular formula is C24H15BrN2S. The van der Waals surface area contributed by atoms with Crippen LogP contribution in [0.4, 0.5) is 11.4 Å². The first-order valence-electron chi connectivity index (χ1n) is 9.16. The molecule has 0 atom stereocenters. The zero-order chi connectivity index (χ0) is 18.7. The SMILES string of the molecule is Brc1cccc2[nH]c3cccc(-c4cccc5c4Nc4ccccc4S5)c3c12. The van der Waals surface area contributed by atoms with Gasteiger partial charge in [0.2, 0.25) is 0 Å². The predicted molar refractivity (Wildman–Crippen MR) is 123 cm³/mol. The monoisotopic (exact) mass is 442 g/mol. The van der Waals surface area contributed by atoms with Crippen molar-refractivity contribution in [2.24, 2.45) is 0 Å². The number of hydrogen-bond acceptors (Lipinski definition) is 2. The highest BCUT2D eigenvalue weighted by molar-refractivity contribution is 9.10. The summed E-state index contributed by atoms with van der Waals surface area (Å²) in [6.07, 6.45) is 0. The van der Waals surface area contributed by atoms with Crippen LogP contribution in [0.15, 0.2) is 93.1 Å². The molecule has 1 aliphatic rings. The second-order valence-corrected chi connectivity index (χ2v) is 8.86. The smallest absolute Gasteiger partial charge is 0.0606 e. The van der Waals surface area contributed by atoms with Crippen molar-refractivity contribution in [1.29, 1.82) is 0 Å². The fourth-order valence-electron chi connectivity index (χ4n) is 4.06. The molecule has 6 rings (SSSR count). The van der Waals surface area contributed by atoms with Crippen LogP contribution in [0.25, 0.3) is 32.9 Å². The number of aromatic nitrogens is 1. The molecule has 0 spiro atoms. The fraction of sp³-hybridized carbons (Fsp3) is 0. The number of para-hydroxylation sites is 2. The van der Waals surface area contributed by atoms with E-state index in [4.69, 9.17) is 0 Å². The quantitative estimate of drug-likeness (QED) is 0.270. The van der Waals surface area contributed by atoms with Gasteiger partial charge < -0.3 is 10.3 Å². The van der Waals surface area contributed by atoms with E-state index in [1.54, 1.807) is 0 Å². The molecule has 0 radical (unpaired) electrons. The van der Waals surface area contributed by atoms with Crippen LogP contribution in [0.1, 0.15) is 0 Å². The Morgan fingerprint density at radius 3 is 2.29 bits per heavy atom. The molecule has 1 aromatic heterocycles. The van der Waals surface area contributed by atoms with Gasteiger partial charge in [0.15, 0.2) is 0 Å². The van der Waals surface area contributed by atoms with Gasteiger partial charge in [-0.3, -0.25) is 0 Å². The Morgan fingerprint density at radius 2 is 1.36 bits per heavy atom. The number of hydrogen-bond donors (Lipinski definition) is 2. The van der Waals surface area contributed by atoms with Crippen LogP contribution in [0.2, 0.25) is 0 Å². The van der Waals surface area contributed by atoms with E-state index in [0.717, 1.165) is 15.5 Å². The van der Waals surface area contributed by atoms with E-state index >= 15 is 0 Å². The van der Waals surface area contributed by atoms with E-state index in [1.165, 1.54) is 43.1 Å². The molecule has 134 valence electrons. The first-order chi connectivity index (χ1) is 13.8. The molecule has 2 heterocycles. The van der Waals surface area contributed by atoms with Gasteiger partial charge in [0.25, 0.3) is 0 Å². The third-order valence-corrected chi connectivity index (χ3v) is 7.08. The Kier molecular flexibility index (Phi) is 3.58. The van der Waals surface area contributed by atoms with Crippen molar-refractivity contribution in [3.63, 3.8) is 0 Å². The van der Waals surface area contributed by atoms with Crippen molar-refractivity contribution in [2.75, 3.05) is 5.32 Å². The van der Waals surface area contributed by atoms with Gasteiger partial charge in [0, 0.05) is 41.6 Å². The molecule has 0 fully saturated rings. The van der Waals surface area contributed by atoms with Gasteiger partial charge in [0.1, 0.15) is 0 Å². The molecule has 1 aliphatic heterocycles. The maximum atomic E-state index is 3.76. The summed E-state index contributed by atoms with van der Waals surface area (Å²) in [7, 11) is 0. The number of H-pyrrole nitrogens is 1. The van der Waals surface area contributed by atoms with Crippen LogP contribution in [-0.4, -0.2) is 4.98 Å². The molecule has 2 nitrogen and oxygen atoms in total. The number of rotatable bonds is 1. The van der Waals surface area contributed by atoms with E-state index in [9.17, 15) is 0 Å². The summed E-state index contributed by atoms with van der Waals surface area (Å²) in [5, 5.41) is 6.17. The number of fused-ring (bicyclic) bond motifs is 5. The molecule has 0 saturated heterocycles. The lowest BCUT2D eigenvalue weighted by molar-refractivity contribution is 1.32. The Bertz CT molecular complexity index is 1390. The summed E-state index contributed by atoms with van der Waals surface area (Å²) in [4.78, 5) is 6.09. The second kappa shape index (κ2) is 6.16. The van der Waals surface area contributed by atoms with Gasteiger partial charge >= 0.3 is 0 Å². The molecule has 2 N–H and O–H groups in total. The second-order valence-electron chi connectivity index (χ2n) is 6.92. The summed E-state index contributed by atoms with van der Waals surface area (Å²) < 4.78 is 1.11. The van der Waals surface area contributed by atoms with Crippen LogP contribution >= 0.6 is 27.7 Å². The fourth-order valence-corrected chi connectivity index (χ4v) is 5.65. The molecule has 0 unspecified atom stereocenters. The van der Waals surface area contributed by atoms with E-state index in [1.807, 2.05) is 11.8 Å². The van der Waals surface area contributed by atoms with Crippen LogP contribution < -0.4 is 5.32 Å².